The van der Waals surface area contributed by atoms with Crippen LogP contribution in [0.25, 0.3) is 22.0 Å². The monoisotopic (exact) mass is 558 g/mol. The van der Waals surface area contributed by atoms with E-state index in [4.69, 9.17) is 0 Å². The Morgan fingerprint density at radius 2 is 1.89 bits per heavy atom. The molecule has 2 amide bonds. The van der Waals surface area contributed by atoms with Crippen LogP contribution in [0.1, 0.15) is 30.1 Å². The second kappa shape index (κ2) is 9.19. The highest BCUT2D eigenvalue weighted by Gasteiger charge is 2.56. The van der Waals surface area contributed by atoms with Crippen molar-refractivity contribution in [2.75, 3.05) is 5.32 Å². The van der Waals surface area contributed by atoms with Crippen LogP contribution in [0, 0.1) is 5.92 Å². The van der Waals surface area contributed by atoms with Gasteiger partial charge < -0.3 is 14.8 Å². The van der Waals surface area contributed by atoms with Gasteiger partial charge in [0.15, 0.2) is 5.78 Å². The highest BCUT2D eigenvalue weighted by molar-refractivity contribution is 9.10. The van der Waals surface area contributed by atoms with Crippen LogP contribution in [-0.2, 0) is 16.1 Å². The number of rotatable bonds is 6. The number of pyridine rings is 1. The van der Waals surface area contributed by atoms with Gasteiger partial charge in [0.2, 0.25) is 11.8 Å². The molecule has 1 unspecified atom stereocenters. The van der Waals surface area contributed by atoms with Gasteiger partial charge in [0, 0.05) is 46.7 Å². The summed E-state index contributed by atoms with van der Waals surface area (Å²) in [7, 11) is 0. The molecule has 1 N–H and O–H groups in total. The molecule has 1 aliphatic carbocycles. The number of fused-ring (bicyclic) bond motifs is 2. The Morgan fingerprint density at radius 1 is 1.08 bits per heavy atom. The minimum absolute atomic E-state index is 0.0414. The standard InChI is InChI=1S/C27H23BrN6O3/c1-15(35)20-12-33(21-6-5-16(7-19(20)21)18-10-29-14-30-11-18)13-26(36)34-22-8-17(22)9-23(34)27(37)32-25-4-2-3-24(28)31-25/h2-7,10-12,14,17,22-23H,8-9,13H2,1H3,(H,31,32,37)/t17?,22-,23+/m1/s1. The zero-order valence-electron chi connectivity index (χ0n) is 20.0. The number of anilines is 1. The first kappa shape index (κ1) is 23.5. The van der Waals surface area contributed by atoms with Gasteiger partial charge in [0.05, 0.1) is 0 Å². The molecule has 0 spiro atoms. The molecule has 0 bridgehead atoms. The molecule has 1 saturated heterocycles. The first-order chi connectivity index (χ1) is 17.9. The van der Waals surface area contributed by atoms with Crippen LogP contribution in [-0.4, -0.2) is 54.1 Å². The molecule has 1 saturated carbocycles. The predicted octanol–water partition coefficient (Wildman–Crippen LogP) is 4.09. The third-order valence-electron chi connectivity index (χ3n) is 7.12. The Hall–Kier alpha value is -3.92. The number of carbonyl (C=O) groups excluding carboxylic acids is 3. The molecule has 6 rings (SSSR count). The summed E-state index contributed by atoms with van der Waals surface area (Å²) < 4.78 is 2.43. The lowest BCUT2D eigenvalue weighted by atomic mass is 10.0. The second-order valence-corrected chi connectivity index (χ2v) is 10.3. The van der Waals surface area contributed by atoms with E-state index in [1.807, 2.05) is 18.2 Å². The van der Waals surface area contributed by atoms with Gasteiger partial charge in [-0.05, 0) is 71.4 Å². The van der Waals surface area contributed by atoms with E-state index in [2.05, 4.69) is 36.2 Å². The topological polar surface area (TPSA) is 110 Å². The molecule has 2 fully saturated rings. The molecular weight excluding hydrogens is 536 g/mol. The minimum Gasteiger partial charge on any atom is -0.337 e. The molecule has 4 aromatic rings. The van der Waals surface area contributed by atoms with Crippen molar-refractivity contribution in [3.8, 4) is 11.1 Å². The van der Waals surface area contributed by atoms with E-state index in [0.717, 1.165) is 28.5 Å². The maximum absolute atomic E-state index is 13.6. The van der Waals surface area contributed by atoms with Crippen molar-refractivity contribution in [3.05, 3.63) is 71.5 Å². The molecule has 0 radical (unpaired) electrons. The van der Waals surface area contributed by atoms with Crippen molar-refractivity contribution in [2.45, 2.75) is 38.4 Å². The van der Waals surface area contributed by atoms with E-state index in [1.165, 1.54) is 13.3 Å². The van der Waals surface area contributed by atoms with Crippen LogP contribution in [0.2, 0.25) is 0 Å². The van der Waals surface area contributed by atoms with Gasteiger partial charge in [-0.1, -0.05) is 12.1 Å². The number of nitrogens with one attached hydrogen (secondary N) is 1. The van der Waals surface area contributed by atoms with Gasteiger partial charge in [0.1, 0.15) is 29.3 Å². The maximum atomic E-state index is 13.6. The number of hydrogen-bond donors (Lipinski definition) is 1. The van der Waals surface area contributed by atoms with Crippen molar-refractivity contribution in [2.24, 2.45) is 5.92 Å². The van der Waals surface area contributed by atoms with E-state index in [1.54, 1.807) is 46.3 Å². The summed E-state index contributed by atoms with van der Waals surface area (Å²) in [6, 6.07) is 10.6. The zero-order valence-corrected chi connectivity index (χ0v) is 21.6. The molecule has 3 aromatic heterocycles. The number of hydrogen-bond acceptors (Lipinski definition) is 6. The number of carbonyl (C=O) groups is 3. The maximum Gasteiger partial charge on any atom is 0.248 e. The fraction of sp³-hybridized carbons (Fsp3) is 0.259. The Kier molecular flexibility index (Phi) is 5.83. The van der Waals surface area contributed by atoms with Crippen LogP contribution in [0.4, 0.5) is 5.82 Å². The van der Waals surface area contributed by atoms with Crippen molar-refractivity contribution in [3.63, 3.8) is 0 Å². The van der Waals surface area contributed by atoms with Crippen LogP contribution in [0.3, 0.4) is 0 Å². The normalized spacial score (nSPS) is 20.1. The highest BCUT2D eigenvalue weighted by atomic mass is 79.9. The van der Waals surface area contributed by atoms with Gasteiger partial charge in [-0.3, -0.25) is 14.4 Å². The number of amides is 2. The number of Topliss-reactive ketones (excluding diaryl/α,β-unsaturated/α-hetero) is 1. The molecule has 9 nitrogen and oxygen atoms in total. The highest BCUT2D eigenvalue weighted by Crippen LogP contribution is 2.48. The van der Waals surface area contributed by atoms with Gasteiger partial charge >= 0.3 is 0 Å². The van der Waals surface area contributed by atoms with E-state index in [9.17, 15) is 14.4 Å². The third kappa shape index (κ3) is 4.42. The number of piperidine rings is 1. The van der Waals surface area contributed by atoms with Gasteiger partial charge in [-0.2, -0.15) is 0 Å². The molecule has 4 heterocycles. The lowest BCUT2D eigenvalue weighted by Gasteiger charge is -2.27. The van der Waals surface area contributed by atoms with Crippen molar-refractivity contribution < 1.29 is 14.4 Å². The summed E-state index contributed by atoms with van der Waals surface area (Å²) in [6.07, 6.45) is 8.20. The summed E-state index contributed by atoms with van der Waals surface area (Å²) in [4.78, 5) is 53.3. The number of aromatic nitrogens is 4. The summed E-state index contributed by atoms with van der Waals surface area (Å²) in [5, 5.41) is 3.62. The second-order valence-electron chi connectivity index (χ2n) is 9.54. The first-order valence-electron chi connectivity index (χ1n) is 12.0. The Morgan fingerprint density at radius 3 is 2.65 bits per heavy atom. The van der Waals surface area contributed by atoms with Gasteiger partial charge in [-0.25, -0.2) is 15.0 Å². The lowest BCUT2D eigenvalue weighted by Crippen LogP contribution is -2.46. The quantitative estimate of drug-likeness (QED) is 0.282. The van der Waals surface area contributed by atoms with Crippen molar-refractivity contribution in [1.82, 2.24) is 24.4 Å². The number of ketones is 1. The van der Waals surface area contributed by atoms with Crippen LogP contribution in [0.5, 0.6) is 0 Å². The fourth-order valence-corrected chi connectivity index (χ4v) is 5.64. The van der Waals surface area contributed by atoms with Crippen LogP contribution < -0.4 is 5.32 Å². The van der Waals surface area contributed by atoms with E-state index < -0.39 is 6.04 Å². The van der Waals surface area contributed by atoms with Crippen LogP contribution >= 0.6 is 15.9 Å². The summed E-state index contributed by atoms with van der Waals surface area (Å²) >= 11 is 3.31. The van der Waals surface area contributed by atoms with E-state index in [-0.39, 0.29) is 30.2 Å². The average molecular weight is 559 g/mol. The molecule has 3 atom stereocenters. The molecule has 10 heteroatoms. The molecule has 37 heavy (non-hydrogen) atoms. The number of likely N-dealkylation sites (tertiary alicyclic amines) is 1. The number of halogens is 1. The fourth-order valence-electron chi connectivity index (χ4n) is 5.30. The molecule has 1 aliphatic heterocycles. The van der Waals surface area contributed by atoms with E-state index >= 15 is 0 Å². The predicted molar refractivity (Wildman–Crippen MR) is 141 cm³/mol. The first-order valence-corrected chi connectivity index (χ1v) is 12.8. The Balaban J connectivity index is 1.27. The largest absolute Gasteiger partial charge is 0.337 e. The molecule has 1 aromatic carbocycles. The lowest BCUT2D eigenvalue weighted by molar-refractivity contribution is -0.138. The molecular formula is C27H23BrN6O3. The summed E-state index contributed by atoms with van der Waals surface area (Å²) in [5.41, 5.74) is 3.05. The summed E-state index contributed by atoms with van der Waals surface area (Å²) in [5.74, 6) is 0.330. The number of benzene rings is 1. The van der Waals surface area contributed by atoms with Gasteiger partial charge in [0.25, 0.3) is 0 Å². The average Bonchev–Trinajstić information content (AvgIpc) is 3.39. The van der Waals surface area contributed by atoms with Crippen molar-refractivity contribution >= 4 is 50.2 Å². The van der Waals surface area contributed by atoms with Crippen LogP contribution in [0.15, 0.2) is 65.9 Å². The Bertz CT molecular complexity index is 1550. The third-order valence-corrected chi connectivity index (χ3v) is 7.56. The van der Waals surface area contributed by atoms with Gasteiger partial charge in [-0.15, -0.1) is 0 Å². The Labute approximate surface area is 221 Å². The zero-order chi connectivity index (χ0) is 25.7. The minimum atomic E-state index is -0.546. The van der Waals surface area contributed by atoms with E-state index in [0.29, 0.717) is 28.3 Å². The summed E-state index contributed by atoms with van der Waals surface area (Å²) in [6.45, 7) is 1.56. The molecule has 2 aliphatic rings. The van der Waals surface area contributed by atoms with Crippen molar-refractivity contribution in [1.29, 1.82) is 0 Å². The number of nitrogens with zero attached hydrogens (tertiary/aromatic N) is 5. The smallest absolute Gasteiger partial charge is 0.248 e. The SMILES string of the molecule is CC(=O)c1cn(CC(=O)N2[C@@H]3CC3C[C@H]2C(=O)Nc2cccc(Br)n2)c2ccc(-c3cncnc3)cc12. The molecule has 186 valence electrons.